The predicted molar refractivity (Wildman–Crippen MR) is 92.8 cm³/mol. The Labute approximate surface area is 152 Å². The summed E-state index contributed by atoms with van der Waals surface area (Å²) in [6.07, 6.45) is -4.40. The van der Waals surface area contributed by atoms with Crippen LogP contribution in [-0.4, -0.2) is 24.4 Å². The van der Waals surface area contributed by atoms with Gasteiger partial charge in [0.15, 0.2) is 11.5 Å². The van der Waals surface area contributed by atoms with Gasteiger partial charge in [0.1, 0.15) is 13.2 Å². The molecule has 0 bridgehead atoms. The van der Waals surface area contributed by atoms with Crippen LogP contribution in [-0.2, 0) is 11.0 Å². The van der Waals surface area contributed by atoms with Crippen molar-refractivity contribution in [3.63, 3.8) is 0 Å². The Morgan fingerprint density at radius 2 is 1.73 bits per heavy atom. The first-order chi connectivity index (χ1) is 12.3. The number of amides is 1. The van der Waals surface area contributed by atoms with E-state index in [4.69, 9.17) is 9.47 Å². The number of fused-ring (bicyclic) bond motifs is 1. The molecule has 1 amide bonds. The molecule has 0 aliphatic carbocycles. The number of benzene rings is 2. The smallest absolute Gasteiger partial charge is 0.416 e. The van der Waals surface area contributed by atoms with E-state index in [-0.39, 0.29) is 5.91 Å². The van der Waals surface area contributed by atoms with Crippen molar-refractivity contribution in [2.75, 3.05) is 18.5 Å². The molecule has 0 radical (unpaired) electrons. The Morgan fingerprint density at radius 3 is 2.38 bits per heavy atom. The molecule has 0 spiro atoms. The van der Waals surface area contributed by atoms with Crippen LogP contribution >= 0.6 is 11.8 Å². The molecule has 1 heterocycles. The van der Waals surface area contributed by atoms with Crippen LogP contribution in [0.1, 0.15) is 12.5 Å². The van der Waals surface area contributed by atoms with Gasteiger partial charge in [-0.1, -0.05) is 0 Å². The van der Waals surface area contributed by atoms with Crippen LogP contribution in [0.15, 0.2) is 47.4 Å². The highest BCUT2D eigenvalue weighted by Crippen LogP contribution is 2.35. The number of halogens is 3. The van der Waals surface area contributed by atoms with Crippen molar-refractivity contribution in [3.05, 3.63) is 48.0 Å². The highest BCUT2D eigenvalue weighted by molar-refractivity contribution is 8.00. The summed E-state index contributed by atoms with van der Waals surface area (Å²) in [6, 6.07) is 9.78. The van der Waals surface area contributed by atoms with Crippen LogP contribution in [0.25, 0.3) is 0 Å². The number of carbonyl (C=O) groups excluding carboxylic acids is 1. The molecule has 4 nitrogen and oxygen atoms in total. The summed E-state index contributed by atoms with van der Waals surface area (Å²) in [5.41, 5.74) is -0.438. The molecule has 1 N–H and O–H groups in total. The average Bonchev–Trinajstić information content (AvgIpc) is 2.61. The number of rotatable bonds is 4. The van der Waals surface area contributed by atoms with Crippen molar-refractivity contribution < 1.29 is 27.4 Å². The van der Waals surface area contributed by atoms with E-state index in [1.165, 1.54) is 23.9 Å². The minimum Gasteiger partial charge on any atom is -0.486 e. The molecule has 138 valence electrons. The Balaban J connectivity index is 1.61. The van der Waals surface area contributed by atoms with E-state index >= 15 is 0 Å². The fourth-order valence-corrected chi connectivity index (χ4v) is 3.24. The van der Waals surface area contributed by atoms with Crippen molar-refractivity contribution in [3.8, 4) is 11.5 Å². The molecule has 1 aliphatic heterocycles. The Kier molecular flexibility index (Phi) is 5.31. The van der Waals surface area contributed by atoms with Crippen LogP contribution in [0.3, 0.4) is 0 Å². The zero-order valence-electron chi connectivity index (χ0n) is 13.8. The van der Waals surface area contributed by atoms with Gasteiger partial charge < -0.3 is 14.8 Å². The molecule has 0 fully saturated rings. The third-order valence-electron chi connectivity index (χ3n) is 3.68. The lowest BCUT2D eigenvalue weighted by Gasteiger charge is -2.19. The van der Waals surface area contributed by atoms with Gasteiger partial charge in [0, 0.05) is 10.6 Å². The summed E-state index contributed by atoms with van der Waals surface area (Å²) in [6.45, 7) is 2.71. The number of thioether (sulfide) groups is 1. The molecule has 0 saturated carbocycles. The summed E-state index contributed by atoms with van der Waals surface area (Å²) in [5.74, 6) is 1.00. The van der Waals surface area contributed by atoms with Gasteiger partial charge in [0.05, 0.1) is 10.8 Å². The molecular weight excluding hydrogens is 367 g/mol. The summed E-state index contributed by atoms with van der Waals surface area (Å²) < 4.78 is 48.6. The largest absolute Gasteiger partial charge is 0.486 e. The maximum absolute atomic E-state index is 12.6. The lowest BCUT2D eigenvalue weighted by Crippen LogP contribution is -2.22. The fourth-order valence-electron chi connectivity index (χ4n) is 2.34. The van der Waals surface area contributed by atoms with E-state index in [9.17, 15) is 18.0 Å². The number of ether oxygens (including phenoxy) is 2. The van der Waals surface area contributed by atoms with Crippen LogP contribution in [0.2, 0.25) is 0 Å². The molecule has 0 aromatic heterocycles. The number of alkyl halides is 3. The zero-order valence-corrected chi connectivity index (χ0v) is 14.6. The molecule has 2 aromatic carbocycles. The van der Waals surface area contributed by atoms with Gasteiger partial charge in [-0.3, -0.25) is 4.79 Å². The minimum absolute atomic E-state index is 0.301. The van der Waals surface area contributed by atoms with Gasteiger partial charge >= 0.3 is 6.18 Å². The molecule has 1 unspecified atom stereocenters. The molecule has 8 heteroatoms. The lowest BCUT2D eigenvalue weighted by atomic mass is 10.2. The number of carbonyl (C=O) groups is 1. The third kappa shape index (κ3) is 4.43. The first-order valence-corrected chi connectivity index (χ1v) is 8.75. The van der Waals surface area contributed by atoms with E-state index in [0.717, 1.165) is 17.0 Å². The van der Waals surface area contributed by atoms with Gasteiger partial charge in [0.25, 0.3) is 0 Å². The maximum atomic E-state index is 12.6. The van der Waals surface area contributed by atoms with Crippen LogP contribution < -0.4 is 14.8 Å². The molecule has 1 aliphatic rings. The van der Waals surface area contributed by atoms with E-state index in [2.05, 4.69) is 5.32 Å². The Morgan fingerprint density at radius 1 is 1.08 bits per heavy atom. The lowest BCUT2D eigenvalue weighted by molar-refractivity contribution is -0.137. The molecule has 26 heavy (non-hydrogen) atoms. The SMILES string of the molecule is CC(Sc1ccc2c(c1)OCCO2)C(=O)Nc1ccc(C(F)(F)F)cc1. The molecule has 0 saturated heterocycles. The van der Waals surface area contributed by atoms with Crippen molar-refractivity contribution in [1.82, 2.24) is 0 Å². The minimum atomic E-state index is -4.40. The number of nitrogens with one attached hydrogen (secondary N) is 1. The van der Waals surface area contributed by atoms with Crippen LogP contribution in [0.4, 0.5) is 18.9 Å². The van der Waals surface area contributed by atoms with Crippen molar-refractivity contribution in [2.45, 2.75) is 23.2 Å². The van der Waals surface area contributed by atoms with E-state index in [1.54, 1.807) is 19.1 Å². The van der Waals surface area contributed by atoms with Gasteiger partial charge in [-0.25, -0.2) is 0 Å². The highest BCUT2D eigenvalue weighted by atomic mass is 32.2. The second-order valence-corrected chi connectivity index (χ2v) is 7.04. The summed E-state index contributed by atoms with van der Waals surface area (Å²) in [7, 11) is 0. The van der Waals surface area contributed by atoms with Gasteiger partial charge in [-0.05, 0) is 49.4 Å². The topological polar surface area (TPSA) is 47.6 Å². The summed E-state index contributed by atoms with van der Waals surface area (Å²) >= 11 is 1.32. The second-order valence-electron chi connectivity index (χ2n) is 5.63. The maximum Gasteiger partial charge on any atom is 0.416 e. The first-order valence-electron chi connectivity index (χ1n) is 7.87. The first kappa shape index (κ1) is 18.4. The molecule has 1 atom stereocenters. The van der Waals surface area contributed by atoms with E-state index in [0.29, 0.717) is 30.4 Å². The zero-order chi connectivity index (χ0) is 18.7. The Hall–Kier alpha value is -2.35. The number of hydrogen-bond donors (Lipinski definition) is 1. The van der Waals surface area contributed by atoms with Gasteiger partial charge in [-0.2, -0.15) is 13.2 Å². The second kappa shape index (κ2) is 7.49. The third-order valence-corrected chi connectivity index (χ3v) is 4.77. The monoisotopic (exact) mass is 383 g/mol. The predicted octanol–water partition coefficient (Wildman–Crippen LogP) is 4.60. The van der Waals surface area contributed by atoms with Crippen molar-refractivity contribution in [1.29, 1.82) is 0 Å². The molecular formula is C18H16F3NO3S. The van der Waals surface area contributed by atoms with Crippen LogP contribution in [0, 0.1) is 0 Å². The van der Waals surface area contributed by atoms with Gasteiger partial charge in [-0.15, -0.1) is 11.8 Å². The van der Waals surface area contributed by atoms with E-state index in [1.807, 2.05) is 6.07 Å². The summed E-state index contributed by atoms with van der Waals surface area (Å²) in [5, 5.41) is 2.18. The quantitative estimate of drug-likeness (QED) is 0.784. The number of anilines is 1. The Bertz CT molecular complexity index is 793. The van der Waals surface area contributed by atoms with Crippen molar-refractivity contribution >= 4 is 23.4 Å². The normalized spacial score (nSPS) is 14.6. The van der Waals surface area contributed by atoms with Crippen LogP contribution in [0.5, 0.6) is 11.5 Å². The van der Waals surface area contributed by atoms with Gasteiger partial charge in [0.2, 0.25) is 5.91 Å². The summed E-state index contributed by atoms with van der Waals surface area (Å²) in [4.78, 5) is 13.1. The fraction of sp³-hybridized carbons (Fsp3) is 0.278. The van der Waals surface area contributed by atoms with Crippen molar-refractivity contribution in [2.24, 2.45) is 0 Å². The standard InChI is InChI=1S/C18H16F3NO3S/c1-11(26-14-6-7-15-16(10-14)25-9-8-24-15)17(23)22-13-4-2-12(3-5-13)18(19,20)21/h2-7,10-11H,8-9H2,1H3,(H,22,23). The number of hydrogen-bond acceptors (Lipinski definition) is 4. The van der Waals surface area contributed by atoms with E-state index < -0.39 is 17.0 Å². The highest BCUT2D eigenvalue weighted by Gasteiger charge is 2.30. The molecule has 3 rings (SSSR count). The average molecular weight is 383 g/mol. The molecule has 2 aromatic rings.